The summed E-state index contributed by atoms with van der Waals surface area (Å²) in [4.78, 5) is 11.9. The van der Waals surface area contributed by atoms with E-state index in [4.69, 9.17) is 0 Å². The molecule has 1 aromatic carbocycles. The van der Waals surface area contributed by atoms with Gasteiger partial charge in [0.05, 0.1) is 28.7 Å². The normalized spacial score (nSPS) is 12.8. The highest BCUT2D eigenvalue weighted by atomic mass is 19.4. The number of hydrogen-bond donors (Lipinski definition) is 3. The van der Waals surface area contributed by atoms with Gasteiger partial charge in [-0.2, -0.15) is 18.3 Å². The molecule has 0 saturated carbocycles. The lowest BCUT2D eigenvalue weighted by molar-refractivity contribution is -0.137. The van der Waals surface area contributed by atoms with Crippen LogP contribution >= 0.6 is 0 Å². The fourth-order valence-corrected chi connectivity index (χ4v) is 2.34. The number of aliphatic hydroxyl groups excluding tert-OH is 1. The quantitative estimate of drug-likeness (QED) is 0.788. The second kappa shape index (κ2) is 7.14. The van der Waals surface area contributed by atoms with Crippen molar-refractivity contribution in [2.24, 2.45) is 7.05 Å². The highest BCUT2D eigenvalue weighted by molar-refractivity contribution is 5.90. The van der Waals surface area contributed by atoms with Crippen LogP contribution in [0.3, 0.4) is 0 Å². The monoisotopic (exact) mass is 356 g/mol. The lowest BCUT2D eigenvalue weighted by Gasteiger charge is -2.15. The first kappa shape index (κ1) is 18.8. The molecule has 0 aliphatic rings. The van der Waals surface area contributed by atoms with Gasteiger partial charge >= 0.3 is 12.2 Å². The lowest BCUT2D eigenvalue weighted by Crippen LogP contribution is -2.32. The van der Waals surface area contributed by atoms with Gasteiger partial charge < -0.3 is 15.7 Å². The zero-order chi connectivity index (χ0) is 18.8. The van der Waals surface area contributed by atoms with Crippen molar-refractivity contribution in [2.75, 3.05) is 11.9 Å². The van der Waals surface area contributed by atoms with E-state index >= 15 is 0 Å². The molecule has 2 rings (SSSR count). The number of carbonyl (C=O) groups excluding carboxylic acids is 1. The smallest absolute Gasteiger partial charge is 0.387 e. The van der Waals surface area contributed by atoms with E-state index in [0.717, 1.165) is 17.8 Å². The first-order chi connectivity index (χ1) is 11.6. The van der Waals surface area contributed by atoms with Gasteiger partial charge in [0.1, 0.15) is 0 Å². The van der Waals surface area contributed by atoms with Gasteiger partial charge in [-0.05, 0) is 31.5 Å². The Hall–Kier alpha value is -2.55. The number of aryl methyl sites for hydroxylation is 2. The third-order valence-corrected chi connectivity index (χ3v) is 3.80. The Morgan fingerprint density at radius 3 is 2.60 bits per heavy atom. The number of urea groups is 1. The molecule has 2 amide bonds. The van der Waals surface area contributed by atoms with Crippen molar-refractivity contribution in [1.82, 2.24) is 15.1 Å². The number of halogens is 3. The van der Waals surface area contributed by atoms with Crippen molar-refractivity contribution in [3.63, 3.8) is 0 Å². The minimum atomic E-state index is -4.49. The molecule has 25 heavy (non-hydrogen) atoms. The van der Waals surface area contributed by atoms with Gasteiger partial charge in [0.2, 0.25) is 0 Å². The number of nitrogens with zero attached hydrogens (tertiary/aromatic N) is 2. The van der Waals surface area contributed by atoms with Crippen LogP contribution in [-0.2, 0) is 13.2 Å². The van der Waals surface area contributed by atoms with Crippen LogP contribution in [-0.4, -0.2) is 27.5 Å². The lowest BCUT2D eigenvalue weighted by atomic mass is 10.1. The molecule has 9 heteroatoms. The topological polar surface area (TPSA) is 79.2 Å². The number of anilines is 1. The predicted octanol–water partition coefficient (Wildman–Crippen LogP) is 2.91. The molecule has 2 aromatic rings. The van der Waals surface area contributed by atoms with Crippen LogP contribution in [0, 0.1) is 13.8 Å². The summed E-state index contributed by atoms with van der Waals surface area (Å²) in [6, 6.07) is 3.79. The van der Waals surface area contributed by atoms with Crippen molar-refractivity contribution in [2.45, 2.75) is 26.1 Å². The Bertz CT molecular complexity index is 771. The minimum absolute atomic E-state index is 0.0730. The summed E-state index contributed by atoms with van der Waals surface area (Å²) in [5, 5.41) is 19.2. The zero-order valence-electron chi connectivity index (χ0n) is 14.0. The largest absolute Gasteiger partial charge is 0.416 e. The molecule has 0 unspecified atom stereocenters. The summed E-state index contributed by atoms with van der Waals surface area (Å²) >= 11 is 0. The van der Waals surface area contributed by atoms with Crippen LogP contribution in [0.15, 0.2) is 24.3 Å². The van der Waals surface area contributed by atoms with Gasteiger partial charge in [-0.25, -0.2) is 4.79 Å². The Balaban J connectivity index is 1.98. The molecule has 1 heterocycles. The summed E-state index contributed by atoms with van der Waals surface area (Å²) in [6.07, 6.45) is -5.75. The SMILES string of the molecule is Cc1nn(C)c(C)c1NC(=O)NC[C@H](O)c1cccc(C(F)(F)F)c1. The number of alkyl halides is 3. The van der Waals surface area contributed by atoms with Gasteiger partial charge in [-0.3, -0.25) is 4.68 Å². The van der Waals surface area contributed by atoms with Crippen LogP contribution < -0.4 is 10.6 Å². The van der Waals surface area contributed by atoms with Crippen molar-refractivity contribution >= 4 is 11.7 Å². The van der Waals surface area contributed by atoms with Crippen LogP contribution in [0.1, 0.15) is 28.6 Å². The van der Waals surface area contributed by atoms with E-state index in [-0.39, 0.29) is 12.1 Å². The average Bonchev–Trinajstić information content (AvgIpc) is 2.78. The third-order valence-electron chi connectivity index (χ3n) is 3.80. The maximum Gasteiger partial charge on any atom is 0.416 e. The van der Waals surface area contributed by atoms with Crippen molar-refractivity contribution in [3.8, 4) is 0 Å². The number of nitrogens with one attached hydrogen (secondary N) is 2. The van der Waals surface area contributed by atoms with Gasteiger partial charge in [-0.1, -0.05) is 12.1 Å². The van der Waals surface area contributed by atoms with E-state index in [1.54, 1.807) is 25.6 Å². The number of aromatic nitrogens is 2. The third kappa shape index (κ3) is 4.50. The van der Waals surface area contributed by atoms with Gasteiger partial charge in [0.15, 0.2) is 0 Å². The van der Waals surface area contributed by atoms with Gasteiger partial charge in [0.25, 0.3) is 0 Å². The molecule has 136 valence electrons. The van der Waals surface area contributed by atoms with Gasteiger partial charge in [0, 0.05) is 13.6 Å². The maximum absolute atomic E-state index is 12.7. The molecule has 0 radical (unpaired) electrons. The van der Waals surface area contributed by atoms with E-state index in [1.165, 1.54) is 12.1 Å². The van der Waals surface area contributed by atoms with E-state index in [1.807, 2.05) is 0 Å². The van der Waals surface area contributed by atoms with Crippen LogP contribution in [0.5, 0.6) is 0 Å². The highest BCUT2D eigenvalue weighted by Crippen LogP contribution is 2.30. The Morgan fingerprint density at radius 1 is 1.36 bits per heavy atom. The van der Waals surface area contributed by atoms with Crippen molar-refractivity contribution in [3.05, 3.63) is 46.8 Å². The van der Waals surface area contributed by atoms with Crippen LogP contribution in [0.25, 0.3) is 0 Å². The predicted molar refractivity (Wildman–Crippen MR) is 86.1 cm³/mol. The number of benzene rings is 1. The fourth-order valence-electron chi connectivity index (χ4n) is 2.34. The average molecular weight is 356 g/mol. The van der Waals surface area contributed by atoms with Crippen LogP contribution in [0.4, 0.5) is 23.7 Å². The van der Waals surface area contributed by atoms with E-state index in [9.17, 15) is 23.1 Å². The summed E-state index contributed by atoms with van der Waals surface area (Å²) in [6.45, 7) is 3.29. The van der Waals surface area contributed by atoms with Crippen molar-refractivity contribution in [1.29, 1.82) is 0 Å². The van der Waals surface area contributed by atoms with E-state index in [2.05, 4.69) is 15.7 Å². The molecule has 0 saturated heterocycles. The summed E-state index contributed by atoms with van der Waals surface area (Å²) in [7, 11) is 1.74. The molecule has 0 aliphatic heterocycles. The summed E-state index contributed by atoms with van der Waals surface area (Å²) < 4.78 is 39.7. The Labute approximate surface area is 142 Å². The zero-order valence-corrected chi connectivity index (χ0v) is 14.0. The number of carbonyl (C=O) groups is 1. The fraction of sp³-hybridized carbons (Fsp3) is 0.375. The summed E-state index contributed by atoms with van der Waals surface area (Å²) in [5.74, 6) is 0. The molecular formula is C16H19F3N4O2. The molecule has 6 nitrogen and oxygen atoms in total. The number of rotatable bonds is 4. The Kier molecular flexibility index (Phi) is 5.36. The highest BCUT2D eigenvalue weighted by Gasteiger charge is 2.30. The van der Waals surface area contributed by atoms with E-state index in [0.29, 0.717) is 11.4 Å². The first-order valence-electron chi connectivity index (χ1n) is 7.50. The second-order valence-corrected chi connectivity index (χ2v) is 5.64. The molecular weight excluding hydrogens is 337 g/mol. The standard InChI is InChI=1S/C16H19F3N4O2/c1-9-14(10(2)23(3)22-9)21-15(25)20-8-13(24)11-5-4-6-12(7-11)16(17,18)19/h4-7,13,24H,8H2,1-3H3,(H2,20,21,25)/t13-/m0/s1. The Morgan fingerprint density at radius 2 is 2.04 bits per heavy atom. The number of aliphatic hydroxyl groups is 1. The maximum atomic E-state index is 12.7. The van der Waals surface area contributed by atoms with Crippen molar-refractivity contribution < 1.29 is 23.1 Å². The van der Waals surface area contributed by atoms with Gasteiger partial charge in [-0.15, -0.1) is 0 Å². The summed E-state index contributed by atoms with van der Waals surface area (Å²) in [5.41, 5.74) is 1.16. The molecule has 1 aromatic heterocycles. The van der Waals surface area contributed by atoms with E-state index < -0.39 is 23.9 Å². The molecule has 1 atom stereocenters. The minimum Gasteiger partial charge on any atom is -0.387 e. The molecule has 0 spiro atoms. The van der Waals surface area contributed by atoms with Crippen LogP contribution in [0.2, 0.25) is 0 Å². The molecule has 3 N–H and O–H groups in total. The molecule has 0 bridgehead atoms. The molecule has 0 aliphatic carbocycles. The molecule has 0 fully saturated rings. The second-order valence-electron chi connectivity index (χ2n) is 5.64. The number of amides is 2. The first-order valence-corrected chi connectivity index (χ1v) is 7.50. The number of hydrogen-bond acceptors (Lipinski definition) is 3.